The molecule has 1 unspecified atom stereocenters. The molecule has 7 nitrogen and oxygen atoms in total. The molecule has 0 aliphatic carbocycles. The van der Waals surface area contributed by atoms with Gasteiger partial charge in [-0.2, -0.15) is 5.10 Å². The van der Waals surface area contributed by atoms with Crippen LogP contribution in [0, 0.1) is 0 Å². The average Bonchev–Trinajstić information content (AvgIpc) is 3.29. The zero-order valence-electron chi connectivity index (χ0n) is 13.3. The highest BCUT2D eigenvalue weighted by Crippen LogP contribution is 2.22. The van der Waals surface area contributed by atoms with Crippen molar-refractivity contribution in [2.24, 2.45) is 0 Å². The second-order valence-electron chi connectivity index (χ2n) is 5.72. The summed E-state index contributed by atoms with van der Waals surface area (Å²) in [7, 11) is 0. The van der Waals surface area contributed by atoms with Crippen molar-refractivity contribution in [3.63, 3.8) is 0 Å². The normalized spacial score (nSPS) is 12.5. The van der Waals surface area contributed by atoms with Gasteiger partial charge in [-0.1, -0.05) is 28.1 Å². The van der Waals surface area contributed by atoms with Crippen molar-refractivity contribution in [2.45, 2.75) is 19.0 Å². The van der Waals surface area contributed by atoms with Gasteiger partial charge in [0.05, 0.1) is 6.04 Å². The molecule has 0 radical (unpaired) electrons. The molecule has 0 bridgehead atoms. The summed E-state index contributed by atoms with van der Waals surface area (Å²) >= 11 is 3.54. The molecule has 0 fully saturated rings. The lowest BCUT2D eigenvalue weighted by atomic mass is 10.0. The Labute approximate surface area is 152 Å². The largest absolute Gasteiger partial charge is 0.303 e. The first kappa shape index (κ1) is 15.9. The third-order valence-electron chi connectivity index (χ3n) is 4.00. The summed E-state index contributed by atoms with van der Waals surface area (Å²) in [4.78, 5) is 4.57. The molecule has 0 amide bonds. The number of hydrogen-bond donors (Lipinski definition) is 2. The van der Waals surface area contributed by atoms with E-state index >= 15 is 0 Å². The van der Waals surface area contributed by atoms with Crippen LogP contribution < -0.4 is 5.32 Å². The molecule has 3 aromatic heterocycles. The maximum absolute atomic E-state index is 4.57. The molecule has 0 aliphatic heterocycles. The molecule has 0 aliphatic rings. The van der Waals surface area contributed by atoms with Gasteiger partial charge in [-0.05, 0) is 30.2 Å². The second kappa shape index (κ2) is 7.12. The Hall–Kier alpha value is -2.58. The van der Waals surface area contributed by atoms with Crippen molar-refractivity contribution >= 4 is 21.6 Å². The minimum atomic E-state index is -0.00880. The number of fused-ring (bicyclic) bond motifs is 1. The molecule has 0 saturated heterocycles. The number of nitrogens with zero attached hydrogens (tertiary/aromatic N) is 5. The third-order valence-corrected chi connectivity index (χ3v) is 4.49. The number of rotatable bonds is 6. The van der Waals surface area contributed by atoms with E-state index in [1.54, 1.807) is 18.7 Å². The number of H-pyrrole nitrogens is 1. The van der Waals surface area contributed by atoms with Gasteiger partial charge in [0.2, 0.25) is 0 Å². The van der Waals surface area contributed by atoms with E-state index < -0.39 is 0 Å². The number of halogens is 1. The molecule has 0 spiro atoms. The predicted octanol–water partition coefficient (Wildman–Crippen LogP) is 2.68. The lowest BCUT2D eigenvalue weighted by Gasteiger charge is -2.18. The van der Waals surface area contributed by atoms with Crippen LogP contribution in [0.3, 0.4) is 0 Å². The maximum atomic E-state index is 4.57. The topological polar surface area (TPSA) is 83.8 Å². The van der Waals surface area contributed by atoms with Crippen LogP contribution in [-0.4, -0.2) is 29.8 Å². The summed E-state index contributed by atoms with van der Waals surface area (Å²) in [5, 5.41) is 18.8. The van der Waals surface area contributed by atoms with Crippen LogP contribution >= 0.6 is 15.9 Å². The zero-order chi connectivity index (χ0) is 17.1. The van der Waals surface area contributed by atoms with Crippen LogP contribution in [0.25, 0.3) is 5.65 Å². The van der Waals surface area contributed by atoms with Crippen molar-refractivity contribution in [1.82, 2.24) is 35.1 Å². The fraction of sp³-hybridized carbons (Fsp3) is 0.176. The van der Waals surface area contributed by atoms with Crippen LogP contribution in [-0.2, 0) is 13.0 Å². The molecule has 0 saturated carbocycles. The molecular formula is C17H16BrN7. The summed E-state index contributed by atoms with van der Waals surface area (Å²) < 4.78 is 2.94. The fourth-order valence-electron chi connectivity index (χ4n) is 2.81. The van der Waals surface area contributed by atoms with Crippen molar-refractivity contribution < 1.29 is 0 Å². The van der Waals surface area contributed by atoms with Crippen molar-refractivity contribution in [2.75, 3.05) is 0 Å². The van der Waals surface area contributed by atoms with Crippen molar-refractivity contribution in [3.05, 3.63) is 76.7 Å². The predicted molar refractivity (Wildman–Crippen MR) is 96.8 cm³/mol. The van der Waals surface area contributed by atoms with Crippen molar-refractivity contribution in [3.8, 4) is 0 Å². The minimum Gasteiger partial charge on any atom is -0.303 e. The van der Waals surface area contributed by atoms with E-state index in [4.69, 9.17) is 0 Å². The maximum Gasteiger partial charge on any atom is 0.183 e. The number of aromatic amines is 1. The average molecular weight is 398 g/mol. The van der Waals surface area contributed by atoms with Crippen LogP contribution in [0.5, 0.6) is 0 Å². The van der Waals surface area contributed by atoms with Crippen molar-refractivity contribution in [1.29, 1.82) is 0 Å². The molecule has 1 aromatic carbocycles. The first-order valence-corrected chi connectivity index (χ1v) is 8.69. The molecule has 25 heavy (non-hydrogen) atoms. The van der Waals surface area contributed by atoms with Crippen LogP contribution in [0.4, 0.5) is 0 Å². The highest BCUT2D eigenvalue weighted by atomic mass is 79.9. The van der Waals surface area contributed by atoms with E-state index in [1.807, 2.05) is 28.8 Å². The number of aromatic nitrogens is 6. The highest BCUT2D eigenvalue weighted by Gasteiger charge is 2.18. The minimum absolute atomic E-state index is 0.00880. The molecule has 1 atom stereocenters. The molecule has 126 valence electrons. The molecule has 2 N–H and O–H groups in total. The van der Waals surface area contributed by atoms with Gasteiger partial charge in [-0.15, -0.1) is 10.2 Å². The standard InChI is InChI=1S/C17H16BrN7/c18-13-3-1-2-12(8-13)9-15(20-10-14-4-5-21-23-14)16-17-24-22-11-25(17)7-6-19-16/h1-8,11,15,20H,9-10H2,(H,21,23). The molecule has 4 rings (SSSR count). The van der Waals surface area contributed by atoms with Gasteiger partial charge in [-0.3, -0.25) is 14.5 Å². The smallest absolute Gasteiger partial charge is 0.183 e. The molecule has 4 aromatic rings. The zero-order valence-corrected chi connectivity index (χ0v) is 14.9. The Morgan fingerprint density at radius 2 is 2.20 bits per heavy atom. The summed E-state index contributed by atoms with van der Waals surface area (Å²) in [6.45, 7) is 0.662. The van der Waals surface area contributed by atoms with E-state index in [9.17, 15) is 0 Å². The first-order chi connectivity index (χ1) is 12.3. The van der Waals surface area contributed by atoms with Gasteiger partial charge >= 0.3 is 0 Å². The fourth-order valence-corrected chi connectivity index (χ4v) is 3.25. The Morgan fingerprint density at radius 1 is 1.24 bits per heavy atom. The lowest BCUT2D eigenvalue weighted by Crippen LogP contribution is -2.25. The Kier molecular flexibility index (Phi) is 4.53. The number of hydrogen-bond acceptors (Lipinski definition) is 5. The first-order valence-electron chi connectivity index (χ1n) is 7.90. The lowest BCUT2D eigenvalue weighted by molar-refractivity contribution is 0.514. The summed E-state index contributed by atoms with van der Waals surface area (Å²) in [5.74, 6) is 0. The Morgan fingerprint density at radius 3 is 3.04 bits per heavy atom. The number of nitrogens with one attached hydrogen (secondary N) is 2. The van der Waals surface area contributed by atoms with Crippen LogP contribution in [0.2, 0.25) is 0 Å². The van der Waals surface area contributed by atoms with E-state index in [1.165, 1.54) is 5.56 Å². The SMILES string of the molecule is Brc1cccc(CC(NCc2ccn[nH]2)c2nccn3cnnc23)c1. The second-order valence-corrected chi connectivity index (χ2v) is 6.64. The van der Waals surface area contributed by atoms with E-state index in [0.29, 0.717) is 6.54 Å². The van der Waals surface area contributed by atoms with Crippen LogP contribution in [0.15, 0.2) is 59.7 Å². The van der Waals surface area contributed by atoms with E-state index in [2.05, 4.69) is 58.8 Å². The quantitative estimate of drug-likeness (QED) is 0.522. The van der Waals surface area contributed by atoms with E-state index in [0.717, 1.165) is 27.9 Å². The van der Waals surface area contributed by atoms with Gasteiger partial charge in [0.1, 0.15) is 12.0 Å². The monoisotopic (exact) mass is 397 g/mol. The summed E-state index contributed by atoms with van der Waals surface area (Å²) in [5.41, 5.74) is 3.87. The summed E-state index contributed by atoms with van der Waals surface area (Å²) in [6.07, 6.45) is 7.85. The molecule has 3 heterocycles. The Balaban J connectivity index is 1.66. The highest BCUT2D eigenvalue weighted by molar-refractivity contribution is 9.10. The Bertz CT molecular complexity index is 964. The van der Waals surface area contributed by atoms with Crippen LogP contribution in [0.1, 0.15) is 23.0 Å². The third kappa shape index (κ3) is 3.59. The molecular weight excluding hydrogens is 382 g/mol. The van der Waals surface area contributed by atoms with Gasteiger partial charge in [0.15, 0.2) is 5.65 Å². The van der Waals surface area contributed by atoms with Gasteiger partial charge in [-0.25, -0.2) is 0 Å². The number of benzene rings is 1. The molecule has 8 heteroatoms. The van der Waals surface area contributed by atoms with Gasteiger partial charge in [0.25, 0.3) is 0 Å². The van der Waals surface area contributed by atoms with Gasteiger partial charge < -0.3 is 5.32 Å². The van der Waals surface area contributed by atoms with E-state index in [-0.39, 0.29) is 6.04 Å². The van der Waals surface area contributed by atoms with Gasteiger partial charge in [0, 0.05) is 35.3 Å². The summed E-state index contributed by atoms with van der Waals surface area (Å²) in [6, 6.07) is 10.2.